The van der Waals surface area contributed by atoms with E-state index < -0.39 is 5.91 Å². The van der Waals surface area contributed by atoms with Crippen LogP contribution in [0.3, 0.4) is 0 Å². The lowest BCUT2D eigenvalue weighted by Crippen LogP contribution is -2.20. The van der Waals surface area contributed by atoms with Crippen molar-refractivity contribution in [1.29, 1.82) is 0 Å². The van der Waals surface area contributed by atoms with Crippen LogP contribution in [0.1, 0.15) is 16.7 Å². The van der Waals surface area contributed by atoms with Gasteiger partial charge < -0.3 is 25.8 Å². The van der Waals surface area contributed by atoms with E-state index in [-0.39, 0.29) is 18.8 Å². The second-order valence-corrected chi connectivity index (χ2v) is 7.44. The van der Waals surface area contributed by atoms with E-state index in [9.17, 15) is 9.59 Å². The van der Waals surface area contributed by atoms with Gasteiger partial charge in [0.15, 0.2) is 12.4 Å². The predicted molar refractivity (Wildman–Crippen MR) is 129 cm³/mol. The standard InChI is InChI=1S/C24H26N6O4/c1-5-17(31)8-16-9-18(34-13-21(25)32)6-7-19(16)28-23-15(3)12-27-24(30-23)29-20-10-22(33-4)26-11-14(20)2/h5-7,9-12H,1,8,13H2,2-4H3,(H2,25,32)(H2,26,27,28,29,30). The predicted octanol–water partition coefficient (Wildman–Crippen LogP) is 3.15. The number of aromatic nitrogens is 3. The van der Waals surface area contributed by atoms with E-state index in [0.717, 1.165) is 16.8 Å². The van der Waals surface area contributed by atoms with Gasteiger partial charge in [0.1, 0.15) is 11.6 Å². The number of ether oxygens (including phenoxy) is 2. The maximum absolute atomic E-state index is 12.1. The molecule has 1 amide bonds. The third-order valence-electron chi connectivity index (χ3n) is 4.81. The first-order valence-corrected chi connectivity index (χ1v) is 10.4. The van der Waals surface area contributed by atoms with E-state index in [1.165, 1.54) is 6.08 Å². The summed E-state index contributed by atoms with van der Waals surface area (Å²) in [5, 5.41) is 6.44. The van der Waals surface area contributed by atoms with Gasteiger partial charge in [-0.1, -0.05) is 6.58 Å². The second-order valence-electron chi connectivity index (χ2n) is 7.44. The zero-order valence-electron chi connectivity index (χ0n) is 19.2. The number of hydrogen-bond donors (Lipinski definition) is 3. The molecule has 0 atom stereocenters. The molecule has 2 heterocycles. The molecule has 0 aliphatic heterocycles. The van der Waals surface area contributed by atoms with Crippen LogP contribution in [0.15, 0.2) is 49.3 Å². The van der Waals surface area contributed by atoms with E-state index >= 15 is 0 Å². The molecule has 0 aliphatic rings. The third kappa shape index (κ3) is 6.28. The molecular formula is C24H26N6O4. The zero-order valence-corrected chi connectivity index (χ0v) is 19.2. The molecule has 0 spiro atoms. The van der Waals surface area contributed by atoms with E-state index in [1.54, 1.807) is 43.8 Å². The number of nitrogens with two attached hydrogens (primary N) is 1. The molecule has 34 heavy (non-hydrogen) atoms. The summed E-state index contributed by atoms with van der Waals surface area (Å²) in [6.45, 7) is 7.05. The van der Waals surface area contributed by atoms with Crippen molar-refractivity contribution in [2.75, 3.05) is 24.4 Å². The van der Waals surface area contributed by atoms with Gasteiger partial charge in [0.05, 0.1) is 12.8 Å². The fraction of sp³-hybridized carbons (Fsp3) is 0.208. The maximum atomic E-state index is 12.1. The van der Waals surface area contributed by atoms with Crippen molar-refractivity contribution in [3.8, 4) is 11.6 Å². The van der Waals surface area contributed by atoms with Crippen LogP contribution in [0.25, 0.3) is 0 Å². The molecule has 0 unspecified atom stereocenters. The van der Waals surface area contributed by atoms with Crippen LogP contribution in [0, 0.1) is 13.8 Å². The van der Waals surface area contributed by atoms with E-state index in [2.05, 4.69) is 32.2 Å². The van der Waals surface area contributed by atoms with Crippen LogP contribution in [-0.4, -0.2) is 40.4 Å². The summed E-state index contributed by atoms with van der Waals surface area (Å²) >= 11 is 0. The summed E-state index contributed by atoms with van der Waals surface area (Å²) in [6.07, 6.45) is 4.72. The molecular weight excluding hydrogens is 436 g/mol. The monoisotopic (exact) mass is 462 g/mol. The highest BCUT2D eigenvalue weighted by atomic mass is 16.5. The maximum Gasteiger partial charge on any atom is 0.255 e. The molecule has 0 bridgehead atoms. The molecule has 1 aromatic carbocycles. The Hall–Kier alpha value is -4.47. The number of nitrogens with one attached hydrogen (secondary N) is 2. The Morgan fingerprint density at radius 3 is 2.56 bits per heavy atom. The molecule has 0 fully saturated rings. The highest BCUT2D eigenvalue weighted by Gasteiger charge is 2.13. The molecule has 0 aliphatic carbocycles. The molecule has 176 valence electrons. The fourth-order valence-electron chi connectivity index (χ4n) is 2.97. The summed E-state index contributed by atoms with van der Waals surface area (Å²) in [5.74, 6) is 1.04. The van der Waals surface area contributed by atoms with Crippen LogP contribution >= 0.6 is 0 Å². The van der Waals surface area contributed by atoms with Gasteiger partial charge in [0.25, 0.3) is 5.91 Å². The fourth-order valence-corrected chi connectivity index (χ4v) is 2.97. The van der Waals surface area contributed by atoms with Gasteiger partial charge in [-0.3, -0.25) is 9.59 Å². The van der Waals surface area contributed by atoms with E-state index in [4.69, 9.17) is 15.2 Å². The molecule has 4 N–H and O–H groups in total. The molecule has 0 saturated carbocycles. The van der Waals surface area contributed by atoms with Gasteiger partial charge in [-0.05, 0) is 49.2 Å². The first-order chi connectivity index (χ1) is 16.3. The Morgan fingerprint density at radius 2 is 1.85 bits per heavy atom. The SMILES string of the molecule is C=CC(=O)Cc1cc(OCC(N)=O)ccc1Nc1nc(Nc2cc(OC)ncc2C)ncc1C. The second kappa shape index (κ2) is 10.9. The minimum Gasteiger partial charge on any atom is -0.484 e. The van der Waals surface area contributed by atoms with Crippen LogP contribution in [-0.2, 0) is 16.0 Å². The van der Waals surface area contributed by atoms with Crippen molar-refractivity contribution in [2.24, 2.45) is 5.73 Å². The van der Waals surface area contributed by atoms with Crippen molar-refractivity contribution in [2.45, 2.75) is 20.3 Å². The van der Waals surface area contributed by atoms with Crippen LogP contribution in [0.5, 0.6) is 11.6 Å². The number of amides is 1. The topological polar surface area (TPSA) is 141 Å². The summed E-state index contributed by atoms with van der Waals surface area (Å²) in [5.41, 5.74) is 8.90. The lowest BCUT2D eigenvalue weighted by Gasteiger charge is -2.16. The number of carbonyl (C=O) groups excluding carboxylic acids is 2. The molecule has 10 nitrogen and oxygen atoms in total. The van der Waals surface area contributed by atoms with E-state index in [1.807, 2.05) is 13.8 Å². The van der Waals surface area contributed by atoms with Crippen LogP contribution < -0.4 is 25.8 Å². The van der Waals surface area contributed by atoms with Gasteiger partial charge in [-0.15, -0.1) is 0 Å². The first-order valence-electron chi connectivity index (χ1n) is 10.4. The van der Waals surface area contributed by atoms with Crippen molar-refractivity contribution in [3.63, 3.8) is 0 Å². The summed E-state index contributed by atoms with van der Waals surface area (Å²) in [6, 6.07) is 6.86. The highest BCUT2D eigenvalue weighted by molar-refractivity contribution is 5.92. The lowest BCUT2D eigenvalue weighted by molar-refractivity contribution is -0.120. The number of carbonyl (C=O) groups is 2. The number of benzene rings is 1. The van der Waals surface area contributed by atoms with Gasteiger partial charge in [0, 0.05) is 36.1 Å². The number of hydrogen-bond acceptors (Lipinski definition) is 9. The minimum absolute atomic E-state index is 0.0881. The molecule has 2 aromatic heterocycles. The Balaban J connectivity index is 1.89. The van der Waals surface area contributed by atoms with Gasteiger partial charge in [-0.2, -0.15) is 4.98 Å². The number of rotatable bonds is 11. The summed E-state index contributed by atoms with van der Waals surface area (Å²) in [7, 11) is 1.55. The number of aryl methyl sites for hydroxylation is 2. The quantitative estimate of drug-likeness (QED) is 0.366. The number of ketones is 1. The minimum atomic E-state index is -0.593. The van der Waals surface area contributed by atoms with Gasteiger partial charge >= 0.3 is 0 Å². The van der Waals surface area contributed by atoms with Crippen molar-refractivity contribution < 1.29 is 19.1 Å². The first kappa shape index (κ1) is 24.2. The number of methoxy groups -OCH3 is 1. The Kier molecular flexibility index (Phi) is 7.75. The molecule has 3 rings (SSSR count). The normalized spacial score (nSPS) is 10.3. The lowest BCUT2D eigenvalue weighted by atomic mass is 10.1. The number of anilines is 4. The Morgan fingerprint density at radius 1 is 1.09 bits per heavy atom. The van der Waals surface area contributed by atoms with Gasteiger partial charge in [-0.25, -0.2) is 9.97 Å². The van der Waals surface area contributed by atoms with Crippen molar-refractivity contribution in [1.82, 2.24) is 15.0 Å². The smallest absolute Gasteiger partial charge is 0.255 e. The molecule has 3 aromatic rings. The third-order valence-corrected chi connectivity index (χ3v) is 4.81. The van der Waals surface area contributed by atoms with Crippen LogP contribution in [0.2, 0.25) is 0 Å². The number of pyridine rings is 1. The zero-order chi connectivity index (χ0) is 24.7. The number of primary amides is 1. The highest BCUT2D eigenvalue weighted by Crippen LogP contribution is 2.28. The van der Waals surface area contributed by atoms with Gasteiger partial charge in [0.2, 0.25) is 11.8 Å². The number of nitrogens with zero attached hydrogens (tertiary/aromatic N) is 3. The summed E-state index contributed by atoms with van der Waals surface area (Å²) in [4.78, 5) is 36.2. The molecule has 0 saturated heterocycles. The number of allylic oxidation sites excluding steroid dienone is 1. The van der Waals surface area contributed by atoms with Crippen molar-refractivity contribution in [3.05, 3.63) is 66.0 Å². The summed E-state index contributed by atoms with van der Waals surface area (Å²) < 4.78 is 10.6. The Bertz CT molecular complexity index is 1230. The Labute approximate surface area is 197 Å². The molecule has 0 radical (unpaired) electrons. The largest absolute Gasteiger partial charge is 0.484 e. The average molecular weight is 463 g/mol. The van der Waals surface area contributed by atoms with Crippen LogP contribution in [0.4, 0.5) is 23.1 Å². The molecule has 10 heteroatoms. The average Bonchev–Trinajstić information content (AvgIpc) is 2.82. The van der Waals surface area contributed by atoms with E-state index in [0.29, 0.717) is 34.6 Å². The van der Waals surface area contributed by atoms with Crippen molar-refractivity contribution >= 4 is 34.8 Å².